The highest BCUT2D eigenvalue weighted by Crippen LogP contribution is 2.66. The maximum Gasteiger partial charge on any atom is 0.132 e. The fourth-order valence-corrected chi connectivity index (χ4v) is 17.5. The molecule has 3 atom stereocenters. The standard InChI is InChI=1S/C70H47NOS2/c1-2-18-44-39-66-59(38-43(44)17-1)70(55-27-12-7-22-50(55)51-23-8-13-28-56(51)70)60-41-46(34-37-64(60)74-66)71(61-29-15-31-65-67(61)52-24-9-14-30-63(52)73-65)45-33-36-62-58(40-45)69(57-35-32-42-16-3-4-19-47(42)68(57)72-62)53-25-10-5-20-48(53)49-21-6-11-26-54(49)69/h1-32,34-35,37-39,41,45,58,62H,33,36,40H2. The van der Waals surface area contributed by atoms with E-state index in [2.05, 4.69) is 235 Å². The van der Waals surface area contributed by atoms with Gasteiger partial charge in [0.2, 0.25) is 0 Å². The molecule has 1 aromatic heterocycles. The van der Waals surface area contributed by atoms with Gasteiger partial charge in [0.25, 0.3) is 0 Å². The first-order valence-corrected chi connectivity index (χ1v) is 27.9. The lowest BCUT2D eigenvalue weighted by Crippen LogP contribution is -2.54. The first-order valence-electron chi connectivity index (χ1n) is 26.3. The van der Waals surface area contributed by atoms with E-state index in [0.717, 1.165) is 25.0 Å². The Balaban J connectivity index is 0.924. The summed E-state index contributed by atoms with van der Waals surface area (Å²) in [6.07, 6.45) is 2.88. The van der Waals surface area contributed by atoms with Gasteiger partial charge in [0.15, 0.2) is 0 Å². The van der Waals surface area contributed by atoms with Gasteiger partial charge < -0.3 is 9.64 Å². The van der Waals surface area contributed by atoms with E-state index in [-0.39, 0.29) is 18.1 Å². The number of fused-ring (bicyclic) bond motifs is 24. The van der Waals surface area contributed by atoms with Gasteiger partial charge in [-0.2, -0.15) is 0 Å². The van der Waals surface area contributed by atoms with E-state index in [1.165, 1.54) is 124 Å². The minimum absolute atomic E-state index is 0.0180. The second-order valence-electron chi connectivity index (χ2n) is 21.2. The number of benzene rings is 11. The fraction of sp³-hybridized carbons (Fsp3) is 0.114. The lowest BCUT2D eigenvalue weighted by molar-refractivity contribution is 0.0376. The SMILES string of the molecule is c1ccc2c(c1)-c1ccccc1C21c2cc(N(c3cccc4sc5ccccc5c34)C3CCC4Oc5c(ccc6ccccc56)C5(c6ccccc6-c6ccccc65)C4C3)ccc2Sc2cc3ccccc3cc21. The molecular weight excluding hydrogens is 935 g/mol. The lowest BCUT2D eigenvalue weighted by atomic mass is 9.57. The summed E-state index contributed by atoms with van der Waals surface area (Å²) >= 11 is 3.85. The van der Waals surface area contributed by atoms with Gasteiger partial charge >= 0.3 is 0 Å². The van der Waals surface area contributed by atoms with E-state index in [1.807, 2.05) is 23.1 Å². The summed E-state index contributed by atoms with van der Waals surface area (Å²) < 4.78 is 10.2. The molecule has 74 heavy (non-hydrogen) atoms. The topological polar surface area (TPSA) is 12.5 Å². The third kappa shape index (κ3) is 5.37. The van der Waals surface area contributed by atoms with Crippen LogP contribution in [0.15, 0.2) is 240 Å². The van der Waals surface area contributed by atoms with Crippen molar-refractivity contribution in [3.05, 3.63) is 269 Å². The monoisotopic (exact) mass is 981 g/mol. The summed E-state index contributed by atoms with van der Waals surface area (Å²) in [5.74, 6) is 1.21. The van der Waals surface area contributed by atoms with E-state index >= 15 is 0 Å². The Morgan fingerprint density at radius 1 is 0.432 bits per heavy atom. The van der Waals surface area contributed by atoms with Crippen LogP contribution in [0.1, 0.15) is 58.2 Å². The minimum Gasteiger partial charge on any atom is -0.489 e. The summed E-state index contributed by atoms with van der Waals surface area (Å²) in [6, 6.07) is 88.4. The quantitative estimate of drug-likeness (QED) is 0.175. The van der Waals surface area contributed by atoms with E-state index in [0.29, 0.717) is 0 Å². The largest absolute Gasteiger partial charge is 0.489 e. The molecule has 2 aliphatic heterocycles. The number of nitrogens with zero attached hydrogens (tertiary/aromatic N) is 1. The van der Waals surface area contributed by atoms with Crippen molar-refractivity contribution in [3.8, 4) is 28.0 Å². The highest BCUT2D eigenvalue weighted by atomic mass is 32.2. The second kappa shape index (κ2) is 15.3. The molecule has 2 spiro atoms. The van der Waals surface area contributed by atoms with Crippen molar-refractivity contribution in [1.29, 1.82) is 0 Å². The summed E-state index contributed by atoms with van der Waals surface area (Å²) in [7, 11) is 0. The Kier molecular flexibility index (Phi) is 8.61. The van der Waals surface area contributed by atoms with Gasteiger partial charge in [-0.3, -0.25) is 0 Å². The van der Waals surface area contributed by atoms with Gasteiger partial charge in [0.1, 0.15) is 11.9 Å². The Labute approximate surface area is 438 Å². The van der Waals surface area contributed by atoms with Crippen molar-refractivity contribution < 1.29 is 4.74 Å². The van der Waals surface area contributed by atoms with Crippen LogP contribution in [0.3, 0.4) is 0 Å². The first-order chi connectivity index (χ1) is 36.7. The number of rotatable bonds is 3. The average molecular weight is 982 g/mol. The van der Waals surface area contributed by atoms with Gasteiger partial charge in [0, 0.05) is 58.6 Å². The van der Waals surface area contributed by atoms with Crippen LogP contribution in [0.4, 0.5) is 11.4 Å². The molecular formula is C70H47NOS2. The molecule has 17 rings (SSSR count). The Morgan fingerprint density at radius 2 is 1.03 bits per heavy atom. The average Bonchev–Trinajstić information content (AvgIpc) is 4.10. The number of thiophene rings is 1. The molecule has 0 radical (unpaired) electrons. The summed E-state index contributed by atoms with van der Waals surface area (Å²) in [5.41, 5.74) is 16.5. The third-order valence-electron chi connectivity index (χ3n) is 18.0. The molecule has 3 aliphatic carbocycles. The molecule has 5 aliphatic rings. The van der Waals surface area contributed by atoms with Crippen molar-refractivity contribution in [2.75, 3.05) is 4.90 Å². The summed E-state index contributed by atoms with van der Waals surface area (Å²) in [6.45, 7) is 0. The molecule has 350 valence electrons. The maximum absolute atomic E-state index is 7.57. The molecule has 1 fully saturated rings. The van der Waals surface area contributed by atoms with Gasteiger partial charge in [-0.15, -0.1) is 11.3 Å². The van der Waals surface area contributed by atoms with E-state index in [4.69, 9.17) is 4.74 Å². The van der Waals surface area contributed by atoms with E-state index in [1.54, 1.807) is 0 Å². The number of hydrogen-bond donors (Lipinski definition) is 0. The summed E-state index contributed by atoms with van der Waals surface area (Å²) in [4.78, 5) is 5.46. The lowest BCUT2D eigenvalue weighted by Gasteiger charge is -2.53. The minimum atomic E-state index is -0.529. The van der Waals surface area contributed by atoms with Crippen molar-refractivity contribution in [2.45, 2.75) is 52.0 Å². The molecule has 1 saturated carbocycles. The van der Waals surface area contributed by atoms with Gasteiger partial charge in [-0.05, 0) is 140 Å². The first kappa shape index (κ1) is 41.6. The Hall–Kier alpha value is -7.89. The normalized spacial score (nSPS) is 18.8. The number of hydrogen-bond acceptors (Lipinski definition) is 4. The molecule has 3 unspecified atom stereocenters. The molecule has 2 nitrogen and oxygen atoms in total. The zero-order chi connectivity index (χ0) is 48.3. The van der Waals surface area contributed by atoms with E-state index < -0.39 is 10.8 Å². The molecule has 4 heteroatoms. The Bertz CT molecular complexity index is 4280. The fourth-order valence-electron chi connectivity index (χ4n) is 15.2. The highest BCUT2D eigenvalue weighted by molar-refractivity contribution is 7.99. The van der Waals surface area contributed by atoms with Gasteiger partial charge in [-0.25, -0.2) is 0 Å². The molecule has 11 aromatic carbocycles. The van der Waals surface area contributed by atoms with Crippen LogP contribution in [0.25, 0.3) is 64.0 Å². The summed E-state index contributed by atoms with van der Waals surface area (Å²) in [5, 5.41) is 7.64. The zero-order valence-electron chi connectivity index (χ0n) is 40.5. The van der Waals surface area contributed by atoms with Gasteiger partial charge in [-0.1, -0.05) is 194 Å². The van der Waals surface area contributed by atoms with Crippen LogP contribution in [0.2, 0.25) is 0 Å². The molecule has 0 N–H and O–H groups in total. The maximum atomic E-state index is 7.57. The van der Waals surface area contributed by atoms with Crippen molar-refractivity contribution in [1.82, 2.24) is 0 Å². The number of ether oxygens (including phenoxy) is 1. The van der Waals surface area contributed by atoms with Crippen molar-refractivity contribution >= 4 is 76.2 Å². The smallest absolute Gasteiger partial charge is 0.132 e. The van der Waals surface area contributed by atoms with Crippen LogP contribution in [-0.4, -0.2) is 12.1 Å². The second-order valence-corrected chi connectivity index (χ2v) is 23.4. The predicted molar refractivity (Wildman–Crippen MR) is 308 cm³/mol. The molecule has 12 aromatic rings. The van der Waals surface area contributed by atoms with Crippen LogP contribution in [0, 0.1) is 5.92 Å². The van der Waals surface area contributed by atoms with Crippen LogP contribution in [0.5, 0.6) is 5.75 Å². The van der Waals surface area contributed by atoms with E-state index in [9.17, 15) is 0 Å². The predicted octanol–water partition coefficient (Wildman–Crippen LogP) is 18.3. The Morgan fingerprint density at radius 3 is 1.77 bits per heavy atom. The van der Waals surface area contributed by atoms with Crippen molar-refractivity contribution in [2.24, 2.45) is 5.92 Å². The molecule has 0 amide bonds. The van der Waals surface area contributed by atoms with Crippen LogP contribution in [-0.2, 0) is 10.8 Å². The highest BCUT2D eigenvalue weighted by Gasteiger charge is 2.59. The zero-order valence-corrected chi connectivity index (χ0v) is 42.1. The third-order valence-corrected chi connectivity index (χ3v) is 20.2. The van der Waals surface area contributed by atoms with Gasteiger partial charge in [0.05, 0.1) is 16.5 Å². The molecule has 0 saturated heterocycles. The number of anilines is 2. The molecule has 3 heterocycles. The van der Waals surface area contributed by atoms with Crippen LogP contribution >= 0.6 is 23.1 Å². The van der Waals surface area contributed by atoms with Crippen molar-refractivity contribution in [3.63, 3.8) is 0 Å². The van der Waals surface area contributed by atoms with Crippen LogP contribution < -0.4 is 9.64 Å². The molecule has 0 bridgehead atoms.